The number of nitriles is 1. The lowest BCUT2D eigenvalue weighted by Crippen LogP contribution is -1.87. The summed E-state index contributed by atoms with van der Waals surface area (Å²) < 4.78 is 4.20. The van der Waals surface area contributed by atoms with Crippen molar-refractivity contribution in [2.24, 2.45) is 10.2 Å². The summed E-state index contributed by atoms with van der Waals surface area (Å²) >= 11 is 6.97. The predicted octanol–water partition coefficient (Wildman–Crippen LogP) is 4.65. The molecule has 0 aliphatic rings. The molecule has 0 amide bonds. The maximum absolute atomic E-state index is 9.37. The largest absolute Gasteiger partial charge is 0.506 e. The SMILES string of the molecule is Cc1nc2nsc(/N=N/c3ccc(O)c(Cl)c3)c2cc1C#N. The summed E-state index contributed by atoms with van der Waals surface area (Å²) in [6.07, 6.45) is 0. The van der Waals surface area contributed by atoms with Crippen LogP contribution >= 0.6 is 23.1 Å². The van der Waals surface area contributed by atoms with Crippen LogP contribution in [0.4, 0.5) is 10.7 Å². The maximum Gasteiger partial charge on any atom is 0.175 e. The molecule has 6 nitrogen and oxygen atoms in total. The molecule has 3 aromatic rings. The first-order valence-corrected chi connectivity index (χ1v) is 7.31. The number of nitrogens with zero attached hydrogens (tertiary/aromatic N) is 5. The molecular formula is C14H8ClN5OS. The molecule has 8 heteroatoms. The van der Waals surface area contributed by atoms with Crippen molar-refractivity contribution in [1.82, 2.24) is 9.36 Å². The zero-order valence-electron chi connectivity index (χ0n) is 11.3. The fourth-order valence-corrected chi connectivity index (χ4v) is 2.61. The highest BCUT2D eigenvalue weighted by Crippen LogP contribution is 2.33. The molecule has 0 spiro atoms. The minimum atomic E-state index is -0.0119. The van der Waals surface area contributed by atoms with E-state index in [0.29, 0.717) is 33.0 Å². The van der Waals surface area contributed by atoms with Gasteiger partial charge in [-0.2, -0.15) is 9.64 Å². The van der Waals surface area contributed by atoms with Crippen LogP contribution in [0, 0.1) is 18.3 Å². The Labute approximate surface area is 134 Å². The van der Waals surface area contributed by atoms with Gasteiger partial charge in [0, 0.05) is 0 Å². The first-order chi connectivity index (χ1) is 10.6. The van der Waals surface area contributed by atoms with Crippen LogP contribution in [0.25, 0.3) is 11.0 Å². The molecule has 0 saturated heterocycles. The minimum absolute atomic E-state index is 0.0119. The van der Waals surface area contributed by atoms with E-state index in [1.807, 2.05) is 0 Å². The second-order valence-corrected chi connectivity index (χ2v) is 5.59. The summed E-state index contributed by atoms with van der Waals surface area (Å²) in [7, 11) is 0. The first-order valence-electron chi connectivity index (χ1n) is 6.16. The molecule has 0 radical (unpaired) electrons. The molecule has 0 aliphatic carbocycles. The monoisotopic (exact) mass is 329 g/mol. The highest BCUT2D eigenvalue weighted by molar-refractivity contribution is 7.11. The fraction of sp³-hybridized carbons (Fsp3) is 0.0714. The van der Waals surface area contributed by atoms with Crippen LogP contribution < -0.4 is 0 Å². The van der Waals surface area contributed by atoms with E-state index in [1.165, 1.54) is 12.1 Å². The van der Waals surface area contributed by atoms with Crippen molar-refractivity contribution < 1.29 is 5.11 Å². The minimum Gasteiger partial charge on any atom is -0.506 e. The Hall–Kier alpha value is -2.56. The number of aromatic hydroxyl groups is 1. The number of hydrogen-bond donors (Lipinski definition) is 1. The van der Waals surface area contributed by atoms with E-state index in [2.05, 4.69) is 25.7 Å². The van der Waals surface area contributed by atoms with Gasteiger partial charge in [0.05, 0.1) is 27.4 Å². The van der Waals surface area contributed by atoms with Gasteiger partial charge >= 0.3 is 0 Å². The fourth-order valence-electron chi connectivity index (χ4n) is 1.80. The number of benzene rings is 1. The lowest BCUT2D eigenvalue weighted by Gasteiger charge is -1.97. The van der Waals surface area contributed by atoms with Crippen molar-refractivity contribution >= 4 is 44.9 Å². The highest BCUT2D eigenvalue weighted by atomic mass is 35.5. The molecule has 2 aromatic heterocycles. The van der Waals surface area contributed by atoms with Crippen LogP contribution in [0.1, 0.15) is 11.3 Å². The van der Waals surface area contributed by atoms with Gasteiger partial charge in [0.25, 0.3) is 0 Å². The summed E-state index contributed by atoms with van der Waals surface area (Å²) in [5.74, 6) is -0.0119. The molecule has 0 unspecified atom stereocenters. The van der Waals surface area contributed by atoms with Gasteiger partial charge in [0.15, 0.2) is 10.6 Å². The van der Waals surface area contributed by atoms with Crippen LogP contribution in [0.5, 0.6) is 5.75 Å². The summed E-state index contributed by atoms with van der Waals surface area (Å²) in [4.78, 5) is 4.27. The number of phenols is 1. The second-order valence-electron chi connectivity index (χ2n) is 4.43. The molecule has 0 atom stereocenters. The molecule has 3 rings (SSSR count). The van der Waals surface area contributed by atoms with Crippen molar-refractivity contribution in [3.8, 4) is 11.8 Å². The van der Waals surface area contributed by atoms with E-state index in [1.54, 1.807) is 19.1 Å². The molecule has 0 bridgehead atoms. The van der Waals surface area contributed by atoms with Gasteiger partial charge in [-0.15, -0.1) is 10.2 Å². The van der Waals surface area contributed by atoms with Gasteiger partial charge < -0.3 is 5.11 Å². The lowest BCUT2D eigenvalue weighted by atomic mass is 10.2. The summed E-state index contributed by atoms with van der Waals surface area (Å²) in [6.45, 7) is 1.76. The summed E-state index contributed by atoms with van der Waals surface area (Å²) in [6, 6.07) is 8.34. The lowest BCUT2D eigenvalue weighted by molar-refractivity contribution is 0.475. The predicted molar refractivity (Wildman–Crippen MR) is 84.2 cm³/mol. The van der Waals surface area contributed by atoms with Crippen LogP contribution in [-0.2, 0) is 0 Å². The van der Waals surface area contributed by atoms with Crippen molar-refractivity contribution in [2.75, 3.05) is 0 Å². The number of aromatic nitrogens is 2. The third-order valence-corrected chi connectivity index (χ3v) is 3.99. The van der Waals surface area contributed by atoms with Crippen LogP contribution in [0.3, 0.4) is 0 Å². The Morgan fingerprint density at radius 1 is 1.32 bits per heavy atom. The topological polar surface area (TPSA) is 94.5 Å². The van der Waals surface area contributed by atoms with Crippen LogP contribution in [-0.4, -0.2) is 14.5 Å². The van der Waals surface area contributed by atoms with E-state index in [9.17, 15) is 5.11 Å². The Morgan fingerprint density at radius 2 is 2.14 bits per heavy atom. The van der Waals surface area contributed by atoms with Gasteiger partial charge in [-0.1, -0.05) is 11.6 Å². The van der Waals surface area contributed by atoms with E-state index in [4.69, 9.17) is 16.9 Å². The maximum atomic E-state index is 9.37. The number of rotatable bonds is 2. The standard InChI is InChI=1S/C14H8ClN5OS/c1-7-8(6-16)4-10-13(17-7)20-22-14(10)19-18-9-2-3-12(21)11(15)5-9/h2-5,21H,1H3/b19-18+. The van der Waals surface area contributed by atoms with Gasteiger partial charge in [0.1, 0.15) is 11.8 Å². The Morgan fingerprint density at radius 3 is 2.86 bits per heavy atom. The number of phenolic OH excluding ortho intramolecular Hbond substituents is 1. The number of azo groups is 1. The zero-order chi connectivity index (χ0) is 15.7. The normalized spacial score (nSPS) is 11.1. The molecule has 0 aliphatic heterocycles. The smallest absolute Gasteiger partial charge is 0.175 e. The number of halogens is 1. The van der Waals surface area contributed by atoms with E-state index in [-0.39, 0.29) is 10.8 Å². The van der Waals surface area contributed by atoms with Gasteiger partial charge in [-0.05, 0) is 42.7 Å². The van der Waals surface area contributed by atoms with Crippen molar-refractivity contribution in [3.05, 3.63) is 40.5 Å². The van der Waals surface area contributed by atoms with Crippen molar-refractivity contribution in [1.29, 1.82) is 5.26 Å². The van der Waals surface area contributed by atoms with E-state index >= 15 is 0 Å². The molecule has 1 aromatic carbocycles. The number of pyridine rings is 1. The van der Waals surface area contributed by atoms with Gasteiger partial charge in [-0.3, -0.25) is 0 Å². The highest BCUT2D eigenvalue weighted by Gasteiger charge is 2.10. The average molecular weight is 330 g/mol. The van der Waals surface area contributed by atoms with Crippen LogP contribution in [0.2, 0.25) is 5.02 Å². The molecule has 2 heterocycles. The molecular weight excluding hydrogens is 322 g/mol. The van der Waals surface area contributed by atoms with E-state index < -0.39 is 0 Å². The summed E-state index contributed by atoms with van der Waals surface area (Å²) in [5.41, 5.74) is 2.16. The molecule has 0 saturated carbocycles. The molecule has 108 valence electrons. The third kappa shape index (κ3) is 2.62. The first kappa shape index (κ1) is 14.4. The van der Waals surface area contributed by atoms with Crippen LogP contribution in [0.15, 0.2) is 34.5 Å². The third-order valence-electron chi connectivity index (χ3n) is 2.95. The molecule has 0 fully saturated rings. The van der Waals surface area contributed by atoms with Crippen molar-refractivity contribution in [2.45, 2.75) is 6.92 Å². The van der Waals surface area contributed by atoms with Crippen molar-refractivity contribution in [3.63, 3.8) is 0 Å². The van der Waals surface area contributed by atoms with Gasteiger partial charge in [-0.25, -0.2) is 4.98 Å². The Kier molecular flexibility index (Phi) is 3.71. The number of hydrogen-bond acceptors (Lipinski definition) is 7. The molecule has 1 N–H and O–H groups in total. The summed E-state index contributed by atoms with van der Waals surface area (Å²) in [5, 5.41) is 28.1. The number of aryl methyl sites for hydroxylation is 1. The quantitative estimate of drug-likeness (QED) is 0.692. The molecule has 22 heavy (non-hydrogen) atoms. The Balaban J connectivity index is 2.02. The van der Waals surface area contributed by atoms with E-state index in [0.717, 1.165) is 11.5 Å². The van der Waals surface area contributed by atoms with Gasteiger partial charge in [0.2, 0.25) is 0 Å². The second kappa shape index (κ2) is 5.67. The average Bonchev–Trinajstić information content (AvgIpc) is 2.89. The zero-order valence-corrected chi connectivity index (χ0v) is 12.9. The Bertz CT molecular complexity index is 944. The number of fused-ring (bicyclic) bond motifs is 1.